The van der Waals surface area contributed by atoms with Crippen molar-refractivity contribution < 1.29 is 27.4 Å². The Morgan fingerprint density at radius 3 is 2.64 bits per heavy atom. The fourth-order valence-electron chi connectivity index (χ4n) is 3.66. The van der Waals surface area contributed by atoms with Crippen molar-refractivity contribution in [3.8, 4) is 11.5 Å². The number of fused-ring (bicyclic) bond motifs is 2. The fourth-order valence-corrected chi connectivity index (χ4v) is 3.66. The van der Waals surface area contributed by atoms with E-state index in [0.29, 0.717) is 59.4 Å². The largest absolute Gasteiger partial charge is 0.487 e. The molecule has 1 aliphatic rings. The van der Waals surface area contributed by atoms with Crippen LogP contribution in [0.5, 0.6) is 11.5 Å². The number of rotatable bonds is 3. The average Bonchev–Trinajstić information content (AvgIpc) is 2.81. The van der Waals surface area contributed by atoms with E-state index in [1.54, 1.807) is 26.0 Å². The SMILES string of the molecule is Cc1nc(N[C@H](C)c2cc(N)cc(C(F)(F)F)c2)c2cc3c(cc2n1)OCCOC[C@H](C)O3. The summed E-state index contributed by atoms with van der Waals surface area (Å²) in [6.45, 7) is 6.62. The van der Waals surface area contributed by atoms with E-state index in [4.69, 9.17) is 19.9 Å². The van der Waals surface area contributed by atoms with Gasteiger partial charge in [0.25, 0.3) is 0 Å². The van der Waals surface area contributed by atoms with Crippen LogP contribution in [0.4, 0.5) is 24.7 Å². The van der Waals surface area contributed by atoms with Gasteiger partial charge in [-0.3, -0.25) is 0 Å². The van der Waals surface area contributed by atoms with Crippen LogP contribution in [-0.2, 0) is 10.9 Å². The van der Waals surface area contributed by atoms with Crippen LogP contribution in [0.15, 0.2) is 30.3 Å². The van der Waals surface area contributed by atoms with Crippen LogP contribution in [-0.4, -0.2) is 35.9 Å². The molecule has 3 aromatic rings. The Balaban J connectivity index is 1.73. The van der Waals surface area contributed by atoms with Gasteiger partial charge in [0.1, 0.15) is 24.4 Å². The predicted octanol–water partition coefficient (Wildman–Crippen LogP) is 4.89. The van der Waals surface area contributed by atoms with E-state index in [1.807, 2.05) is 6.92 Å². The standard InChI is InChI=1S/C23H25F3N4O3/c1-12-11-31-4-5-32-20-10-19-18(9-21(20)33-12)22(30-14(3)29-19)28-13(2)15-6-16(23(24,25)26)8-17(27)7-15/h6-10,12-13H,4-5,11,27H2,1-3H3,(H,28,29,30)/t12-,13+/m0/s1. The minimum absolute atomic E-state index is 0.0383. The molecule has 0 aliphatic carbocycles. The van der Waals surface area contributed by atoms with Gasteiger partial charge in [0, 0.05) is 17.1 Å². The lowest BCUT2D eigenvalue weighted by Gasteiger charge is -2.20. The molecule has 7 nitrogen and oxygen atoms in total. The highest BCUT2D eigenvalue weighted by atomic mass is 19.4. The summed E-state index contributed by atoms with van der Waals surface area (Å²) in [5.74, 6) is 2.03. The summed E-state index contributed by atoms with van der Waals surface area (Å²) in [4.78, 5) is 8.99. The van der Waals surface area contributed by atoms with Crippen LogP contribution < -0.4 is 20.5 Å². The molecule has 0 bridgehead atoms. The first-order valence-corrected chi connectivity index (χ1v) is 10.5. The summed E-state index contributed by atoms with van der Waals surface area (Å²) in [7, 11) is 0. The van der Waals surface area contributed by atoms with Gasteiger partial charge in [-0.05, 0) is 50.6 Å². The van der Waals surface area contributed by atoms with Crippen LogP contribution in [0.1, 0.15) is 36.8 Å². The first-order chi connectivity index (χ1) is 15.6. The smallest absolute Gasteiger partial charge is 0.416 e. The Morgan fingerprint density at radius 2 is 1.88 bits per heavy atom. The number of nitrogen functional groups attached to an aromatic ring is 1. The van der Waals surface area contributed by atoms with Crippen LogP contribution in [0.2, 0.25) is 0 Å². The third kappa shape index (κ3) is 5.22. The third-order valence-corrected chi connectivity index (χ3v) is 5.20. The quantitative estimate of drug-likeness (QED) is 0.536. The Bertz CT molecular complexity index is 1170. The number of nitrogens with one attached hydrogen (secondary N) is 1. The summed E-state index contributed by atoms with van der Waals surface area (Å²) < 4.78 is 57.1. The summed E-state index contributed by atoms with van der Waals surface area (Å²) in [5.41, 5.74) is 5.99. The molecule has 0 spiro atoms. The summed E-state index contributed by atoms with van der Waals surface area (Å²) >= 11 is 0. The number of nitrogens with two attached hydrogens (primary N) is 1. The zero-order chi connectivity index (χ0) is 23.8. The average molecular weight is 462 g/mol. The number of ether oxygens (including phenoxy) is 3. The van der Waals surface area contributed by atoms with Gasteiger partial charge in [-0.25, -0.2) is 9.97 Å². The number of alkyl halides is 3. The molecule has 0 saturated heterocycles. The lowest BCUT2D eigenvalue weighted by Crippen LogP contribution is -2.19. The molecule has 0 saturated carbocycles. The van der Waals surface area contributed by atoms with Crippen LogP contribution >= 0.6 is 0 Å². The van der Waals surface area contributed by atoms with Crippen molar-refractivity contribution in [2.45, 2.75) is 39.1 Å². The molecular weight excluding hydrogens is 437 g/mol. The highest BCUT2D eigenvalue weighted by molar-refractivity contribution is 5.92. The van der Waals surface area contributed by atoms with E-state index in [9.17, 15) is 13.2 Å². The minimum atomic E-state index is -4.49. The molecule has 0 unspecified atom stereocenters. The summed E-state index contributed by atoms with van der Waals surface area (Å²) in [6, 6.07) is 6.56. The number of anilines is 2. The van der Waals surface area contributed by atoms with Gasteiger partial charge in [-0.2, -0.15) is 13.2 Å². The van der Waals surface area contributed by atoms with Gasteiger partial charge in [0.2, 0.25) is 0 Å². The molecule has 1 aromatic heterocycles. The zero-order valence-electron chi connectivity index (χ0n) is 18.5. The van der Waals surface area contributed by atoms with Crippen LogP contribution in [0.3, 0.4) is 0 Å². The van der Waals surface area contributed by atoms with Crippen molar-refractivity contribution in [1.29, 1.82) is 0 Å². The number of nitrogens with zero attached hydrogens (tertiary/aromatic N) is 2. The van der Waals surface area contributed by atoms with Crippen molar-refractivity contribution >= 4 is 22.4 Å². The molecule has 176 valence electrons. The first kappa shape index (κ1) is 22.9. The molecule has 0 amide bonds. The van der Waals surface area contributed by atoms with E-state index < -0.39 is 17.8 Å². The van der Waals surface area contributed by atoms with Crippen LogP contribution in [0.25, 0.3) is 10.9 Å². The van der Waals surface area contributed by atoms with E-state index in [-0.39, 0.29) is 11.8 Å². The van der Waals surface area contributed by atoms with Gasteiger partial charge in [-0.15, -0.1) is 0 Å². The molecule has 2 atom stereocenters. The van der Waals surface area contributed by atoms with E-state index in [2.05, 4.69) is 15.3 Å². The number of aromatic nitrogens is 2. The Labute approximate surface area is 189 Å². The van der Waals surface area contributed by atoms with Crippen molar-refractivity contribution in [2.75, 3.05) is 30.9 Å². The number of hydrogen-bond acceptors (Lipinski definition) is 7. The maximum Gasteiger partial charge on any atom is 0.416 e. The van der Waals surface area contributed by atoms with E-state index >= 15 is 0 Å². The number of aryl methyl sites for hydroxylation is 1. The Hall–Kier alpha value is -3.27. The van der Waals surface area contributed by atoms with Gasteiger partial charge in [0.15, 0.2) is 11.5 Å². The molecule has 0 radical (unpaired) electrons. The van der Waals surface area contributed by atoms with Gasteiger partial charge in [-0.1, -0.05) is 0 Å². The molecule has 33 heavy (non-hydrogen) atoms. The van der Waals surface area contributed by atoms with Crippen molar-refractivity contribution in [3.63, 3.8) is 0 Å². The van der Waals surface area contributed by atoms with Gasteiger partial charge < -0.3 is 25.3 Å². The molecule has 0 fully saturated rings. The monoisotopic (exact) mass is 462 g/mol. The number of benzene rings is 2. The predicted molar refractivity (Wildman–Crippen MR) is 119 cm³/mol. The lowest BCUT2D eigenvalue weighted by atomic mass is 10.0. The second-order valence-electron chi connectivity index (χ2n) is 8.04. The molecular formula is C23H25F3N4O3. The zero-order valence-corrected chi connectivity index (χ0v) is 18.5. The normalized spacial score (nSPS) is 17.7. The molecule has 2 aromatic carbocycles. The topological polar surface area (TPSA) is 91.5 Å². The second-order valence-corrected chi connectivity index (χ2v) is 8.04. The van der Waals surface area contributed by atoms with Gasteiger partial charge >= 0.3 is 6.18 Å². The van der Waals surface area contributed by atoms with Crippen molar-refractivity contribution in [2.24, 2.45) is 0 Å². The minimum Gasteiger partial charge on any atom is -0.487 e. The van der Waals surface area contributed by atoms with E-state index in [1.165, 1.54) is 6.07 Å². The molecule has 10 heteroatoms. The summed E-state index contributed by atoms with van der Waals surface area (Å²) in [6.07, 6.45) is -4.69. The molecule has 3 N–H and O–H groups in total. The number of hydrogen-bond donors (Lipinski definition) is 2. The fraction of sp³-hybridized carbons (Fsp3) is 0.391. The maximum atomic E-state index is 13.3. The maximum absolute atomic E-state index is 13.3. The lowest BCUT2D eigenvalue weighted by molar-refractivity contribution is -0.137. The van der Waals surface area contributed by atoms with Crippen molar-refractivity contribution in [3.05, 3.63) is 47.3 Å². The molecule has 1 aliphatic heterocycles. The van der Waals surface area contributed by atoms with Crippen molar-refractivity contribution in [1.82, 2.24) is 9.97 Å². The van der Waals surface area contributed by atoms with Gasteiger partial charge in [0.05, 0.1) is 30.3 Å². The molecule has 2 heterocycles. The number of halogens is 3. The first-order valence-electron chi connectivity index (χ1n) is 10.5. The Kier molecular flexibility index (Phi) is 6.20. The van der Waals surface area contributed by atoms with E-state index in [0.717, 1.165) is 12.1 Å². The highest BCUT2D eigenvalue weighted by Gasteiger charge is 2.31. The highest BCUT2D eigenvalue weighted by Crippen LogP contribution is 2.37. The second kappa shape index (κ2) is 8.93. The Morgan fingerprint density at radius 1 is 1.09 bits per heavy atom. The summed E-state index contributed by atoms with van der Waals surface area (Å²) in [5, 5.41) is 3.87. The van der Waals surface area contributed by atoms with Crippen LogP contribution in [0, 0.1) is 6.92 Å². The third-order valence-electron chi connectivity index (χ3n) is 5.20. The molecule has 4 rings (SSSR count).